The lowest BCUT2D eigenvalue weighted by Crippen LogP contribution is -2.52. The highest BCUT2D eigenvalue weighted by atomic mass is 35.5. The number of nitrogens with zero attached hydrogens (tertiary/aromatic N) is 3. The van der Waals surface area contributed by atoms with Gasteiger partial charge in [0.15, 0.2) is 0 Å². The normalized spacial score (nSPS) is 12.0. The van der Waals surface area contributed by atoms with E-state index in [2.05, 4.69) is 5.32 Å². The zero-order chi connectivity index (χ0) is 28.7. The largest absolute Gasteiger partial charge is 0.352 e. The van der Waals surface area contributed by atoms with E-state index < -0.39 is 39.3 Å². The van der Waals surface area contributed by atoms with E-state index in [4.69, 9.17) is 11.6 Å². The van der Waals surface area contributed by atoms with Crippen LogP contribution < -0.4 is 9.62 Å². The average molecular weight is 573 g/mol. The minimum atomic E-state index is -4.32. The van der Waals surface area contributed by atoms with Crippen molar-refractivity contribution in [1.82, 2.24) is 10.2 Å². The summed E-state index contributed by atoms with van der Waals surface area (Å²) in [5.74, 6) is -1.09. The summed E-state index contributed by atoms with van der Waals surface area (Å²) in [5, 5.41) is 14.7. The Morgan fingerprint density at radius 2 is 1.62 bits per heavy atom. The Bertz CT molecular complexity index is 1430. The Labute approximate surface area is 232 Å². The number of sulfonamides is 1. The number of hydrogen-bond acceptors (Lipinski definition) is 6. The second-order valence-corrected chi connectivity index (χ2v) is 11.4. The summed E-state index contributed by atoms with van der Waals surface area (Å²) >= 11 is 6.00. The fourth-order valence-electron chi connectivity index (χ4n) is 3.78. The zero-order valence-corrected chi connectivity index (χ0v) is 23.2. The van der Waals surface area contributed by atoms with Crippen LogP contribution in [0.25, 0.3) is 0 Å². The van der Waals surface area contributed by atoms with Gasteiger partial charge in [-0.05, 0) is 56.7 Å². The van der Waals surface area contributed by atoms with E-state index in [9.17, 15) is 28.1 Å². The number of nitrogens with one attached hydrogen (secondary N) is 1. The lowest BCUT2D eigenvalue weighted by molar-refractivity contribution is -0.384. The van der Waals surface area contributed by atoms with Crippen molar-refractivity contribution in [3.05, 3.63) is 99.6 Å². The molecule has 0 bridgehead atoms. The topological polar surface area (TPSA) is 130 Å². The molecule has 1 atom stereocenters. The molecule has 0 radical (unpaired) electrons. The number of anilines is 1. The second-order valence-electron chi connectivity index (χ2n) is 9.09. The first-order valence-electron chi connectivity index (χ1n) is 12.1. The fourth-order valence-corrected chi connectivity index (χ4v) is 5.34. The molecule has 0 heterocycles. The number of nitro groups is 1. The molecule has 3 aromatic rings. The Hall–Kier alpha value is -3.96. The summed E-state index contributed by atoms with van der Waals surface area (Å²) in [5.41, 5.74) is 0.271. The van der Waals surface area contributed by atoms with Gasteiger partial charge in [0.05, 0.1) is 15.5 Å². The Kier molecular flexibility index (Phi) is 9.66. The molecule has 10 nitrogen and oxygen atoms in total. The van der Waals surface area contributed by atoms with Gasteiger partial charge < -0.3 is 10.2 Å². The molecule has 0 saturated carbocycles. The van der Waals surface area contributed by atoms with Gasteiger partial charge in [-0.2, -0.15) is 0 Å². The van der Waals surface area contributed by atoms with Crippen molar-refractivity contribution in [1.29, 1.82) is 0 Å². The van der Waals surface area contributed by atoms with E-state index in [1.165, 1.54) is 47.4 Å². The predicted octanol–water partition coefficient (Wildman–Crippen LogP) is 4.39. The first kappa shape index (κ1) is 29.6. The van der Waals surface area contributed by atoms with Crippen LogP contribution in [0, 0.1) is 10.1 Å². The van der Waals surface area contributed by atoms with Gasteiger partial charge in [0.25, 0.3) is 15.7 Å². The van der Waals surface area contributed by atoms with Gasteiger partial charge in [0.1, 0.15) is 12.6 Å². The number of carbonyl (C=O) groups is 2. The van der Waals surface area contributed by atoms with Crippen molar-refractivity contribution in [2.45, 2.75) is 44.3 Å². The first-order valence-corrected chi connectivity index (χ1v) is 13.9. The highest BCUT2D eigenvalue weighted by Gasteiger charge is 2.33. The van der Waals surface area contributed by atoms with E-state index in [1.54, 1.807) is 51.1 Å². The van der Waals surface area contributed by atoms with E-state index in [1.807, 2.05) is 0 Å². The predicted molar refractivity (Wildman–Crippen MR) is 149 cm³/mol. The highest BCUT2D eigenvalue weighted by Crippen LogP contribution is 2.27. The van der Waals surface area contributed by atoms with Gasteiger partial charge >= 0.3 is 0 Å². The summed E-state index contributed by atoms with van der Waals surface area (Å²) in [4.78, 5) is 38.6. The number of carbonyl (C=O) groups excluding carboxylic acids is 2. The van der Waals surface area contributed by atoms with Gasteiger partial charge in [-0.3, -0.25) is 24.0 Å². The number of benzene rings is 3. The third-order valence-corrected chi connectivity index (χ3v) is 7.84. The van der Waals surface area contributed by atoms with Gasteiger partial charge in [-0.15, -0.1) is 0 Å². The summed E-state index contributed by atoms with van der Waals surface area (Å²) in [7, 11) is -4.32. The number of rotatable bonds is 11. The molecule has 39 heavy (non-hydrogen) atoms. The maximum absolute atomic E-state index is 13.8. The smallest absolute Gasteiger partial charge is 0.271 e. The molecule has 0 aromatic heterocycles. The molecule has 0 fully saturated rings. The molecule has 3 rings (SSSR count). The van der Waals surface area contributed by atoms with Crippen LogP contribution in [0.15, 0.2) is 83.8 Å². The molecule has 206 valence electrons. The average Bonchev–Trinajstić information content (AvgIpc) is 2.91. The maximum atomic E-state index is 13.8. The fraction of sp³-hybridized carbons (Fsp3) is 0.259. The molecular formula is C27H29ClN4O6S. The SMILES string of the molecule is CC(C)NC(=O)C(C)N(Cc1ccc(Cl)cc1)C(=O)CN(c1cccc([N+](=O)[O-])c1)S(=O)(=O)c1ccccc1. The standard InChI is InChI=1S/C27H29ClN4O6S/c1-19(2)29-27(34)20(3)30(17-21-12-14-22(28)15-13-21)26(33)18-31(23-8-7-9-24(16-23)32(35)36)39(37,38)25-10-5-4-6-11-25/h4-16,19-20H,17-18H2,1-3H3,(H,29,34). The quantitative estimate of drug-likeness (QED) is 0.268. The van der Waals surface area contributed by atoms with Crippen LogP contribution in [0.5, 0.6) is 0 Å². The minimum Gasteiger partial charge on any atom is -0.352 e. The summed E-state index contributed by atoms with van der Waals surface area (Å²) in [6, 6.07) is 18.0. The van der Waals surface area contributed by atoms with Crippen LogP contribution in [-0.2, 0) is 26.2 Å². The van der Waals surface area contributed by atoms with Crippen LogP contribution in [0.2, 0.25) is 5.02 Å². The van der Waals surface area contributed by atoms with Gasteiger partial charge in [0.2, 0.25) is 11.8 Å². The Morgan fingerprint density at radius 3 is 2.21 bits per heavy atom. The van der Waals surface area contributed by atoms with Gasteiger partial charge in [0, 0.05) is 29.7 Å². The molecule has 1 N–H and O–H groups in total. The van der Waals surface area contributed by atoms with Crippen LogP contribution in [-0.4, -0.2) is 48.7 Å². The van der Waals surface area contributed by atoms with E-state index in [0.29, 0.717) is 10.6 Å². The van der Waals surface area contributed by atoms with Crippen molar-refractivity contribution < 1.29 is 22.9 Å². The molecule has 12 heteroatoms. The Balaban J connectivity index is 2.06. The molecule has 1 unspecified atom stereocenters. The summed E-state index contributed by atoms with van der Waals surface area (Å²) in [6.45, 7) is 4.41. The van der Waals surface area contributed by atoms with E-state index >= 15 is 0 Å². The molecule has 2 amide bonds. The number of nitro benzene ring substituents is 1. The molecule has 0 aliphatic rings. The molecule has 0 spiro atoms. The first-order chi connectivity index (χ1) is 18.4. The second kappa shape index (κ2) is 12.7. The molecule has 0 aliphatic heterocycles. The molecular weight excluding hydrogens is 544 g/mol. The highest BCUT2D eigenvalue weighted by molar-refractivity contribution is 7.92. The Morgan fingerprint density at radius 1 is 0.974 bits per heavy atom. The number of halogens is 1. The van der Waals surface area contributed by atoms with Crippen molar-refractivity contribution >= 4 is 44.8 Å². The van der Waals surface area contributed by atoms with Crippen LogP contribution in [0.4, 0.5) is 11.4 Å². The zero-order valence-electron chi connectivity index (χ0n) is 21.7. The van der Waals surface area contributed by atoms with Crippen LogP contribution in [0.1, 0.15) is 26.3 Å². The monoisotopic (exact) mass is 572 g/mol. The van der Waals surface area contributed by atoms with Crippen LogP contribution in [0.3, 0.4) is 0 Å². The van der Waals surface area contributed by atoms with Gasteiger partial charge in [-0.25, -0.2) is 8.42 Å². The lowest BCUT2D eigenvalue weighted by Gasteiger charge is -2.32. The summed E-state index contributed by atoms with van der Waals surface area (Å²) < 4.78 is 28.2. The molecule has 0 saturated heterocycles. The van der Waals surface area contributed by atoms with Crippen LogP contribution >= 0.6 is 11.6 Å². The third kappa shape index (κ3) is 7.55. The number of non-ortho nitro benzene ring substituents is 1. The lowest BCUT2D eigenvalue weighted by atomic mass is 10.1. The third-order valence-electron chi connectivity index (χ3n) is 5.80. The van der Waals surface area contributed by atoms with Crippen molar-refractivity contribution in [2.75, 3.05) is 10.8 Å². The van der Waals surface area contributed by atoms with E-state index in [0.717, 1.165) is 10.4 Å². The van der Waals surface area contributed by atoms with Gasteiger partial charge in [-0.1, -0.05) is 48.0 Å². The van der Waals surface area contributed by atoms with E-state index in [-0.39, 0.29) is 28.9 Å². The van der Waals surface area contributed by atoms with Crippen molar-refractivity contribution in [3.63, 3.8) is 0 Å². The molecule has 3 aromatic carbocycles. The number of hydrogen-bond donors (Lipinski definition) is 1. The minimum absolute atomic E-state index is 0.00313. The summed E-state index contributed by atoms with van der Waals surface area (Å²) in [6.07, 6.45) is 0. The number of amides is 2. The maximum Gasteiger partial charge on any atom is 0.271 e. The molecule has 0 aliphatic carbocycles. The van der Waals surface area contributed by atoms with Crippen molar-refractivity contribution in [2.24, 2.45) is 0 Å². The van der Waals surface area contributed by atoms with Crippen molar-refractivity contribution in [3.8, 4) is 0 Å².